The molecule has 2 N–H and O–H groups in total. The minimum atomic E-state index is 0.695. The van der Waals surface area contributed by atoms with Crippen LogP contribution < -0.4 is 10.5 Å². The Morgan fingerprint density at radius 3 is 2.44 bits per heavy atom. The largest absolute Gasteiger partial charge is 0.455 e. The summed E-state index contributed by atoms with van der Waals surface area (Å²) in [5.41, 5.74) is 7.66. The Balaban J connectivity index is 2.27. The van der Waals surface area contributed by atoms with Gasteiger partial charge in [0.05, 0.1) is 5.69 Å². The van der Waals surface area contributed by atoms with Crippen molar-refractivity contribution in [3.63, 3.8) is 0 Å². The molecule has 0 spiro atoms. The van der Waals surface area contributed by atoms with Gasteiger partial charge in [-0.3, -0.25) is 0 Å². The highest BCUT2D eigenvalue weighted by Gasteiger charge is 2.03. The van der Waals surface area contributed by atoms with Crippen molar-refractivity contribution < 1.29 is 4.74 Å². The van der Waals surface area contributed by atoms with Gasteiger partial charge in [0.15, 0.2) is 5.75 Å². The predicted octanol–water partition coefficient (Wildman–Crippen LogP) is 3.97. The smallest absolute Gasteiger partial charge is 0.150 e. The molecular formula is C13H12INO. The molecule has 2 aromatic rings. The van der Waals surface area contributed by atoms with E-state index in [1.165, 1.54) is 3.57 Å². The van der Waals surface area contributed by atoms with E-state index in [0.29, 0.717) is 11.4 Å². The lowest BCUT2D eigenvalue weighted by atomic mass is 10.2. The van der Waals surface area contributed by atoms with Gasteiger partial charge in [-0.2, -0.15) is 0 Å². The number of hydrogen-bond donors (Lipinski definition) is 1. The zero-order valence-electron chi connectivity index (χ0n) is 8.91. The lowest BCUT2D eigenvalue weighted by Gasteiger charge is -2.09. The average Bonchev–Trinajstić information content (AvgIpc) is 2.28. The van der Waals surface area contributed by atoms with E-state index in [9.17, 15) is 0 Å². The van der Waals surface area contributed by atoms with Crippen LogP contribution in [0.4, 0.5) is 5.69 Å². The SMILES string of the molecule is Cc1cccc(Oc2ccc(I)cc2)c1N. The number of nitrogen functional groups attached to an aromatic ring is 1. The van der Waals surface area contributed by atoms with E-state index >= 15 is 0 Å². The molecular weight excluding hydrogens is 313 g/mol. The van der Waals surface area contributed by atoms with Crippen LogP contribution in [0.2, 0.25) is 0 Å². The van der Waals surface area contributed by atoms with Crippen molar-refractivity contribution in [1.29, 1.82) is 0 Å². The summed E-state index contributed by atoms with van der Waals surface area (Å²) < 4.78 is 6.90. The molecule has 0 amide bonds. The third-order valence-electron chi connectivity index (χ3n) is 2.33. The molecule has 0 atom stereocenters. The van der Waals surface area contributed by atoms with Crippen molar-refractivity contribution in [1.82, 2.24) is 0 Å². The Morgan fingerprint density at radius 1 is 1.06 bits per heavy atom. The predicted molar refractivity (Wildman–Crippen MR) is 74.8 cm³/mol. The first-order valence-electron chi connectivity index (χ1n) is 4.95. The Kier molecular flexibility index (Phi) is 3.33. The molecule has 0 aromatic heterocycles. The third-order valence-corrected chi connectivity index (χ3v) is 3.04. The monoisotopic (exact) mass is 325 g/mol. The maximum absolute atomic E-state index is 5.93. The topological polar surface area (TPSA) is 35.2 Å². The van der Waals surface area contributed by atoms with Crippen LogP contribution in [-0.2, 0) is 0 Å². The van der Waals surface area contributed by atoms with Gasteiger partial charge >= 0.3 is 0 Å². The number of rotatable bonds is 2. The Labute approximate surface area is 109 Å². The fourth-order valence-corrected chi connectivity index (χ4v) is 1.73. The molecule has 2 aromatic carbocycles. The van der Waals surface area contributed by atoms with Gasteiger partial charge in [0.1, 0.15) is 5.75 Å². The van der Waals surface area contributed by atoms with Gasteiger partial charge < -0.3 is 10.5 Å². The summed E-state index contributed by atoms with van der Waals surface area (Å²) in [5.74, 6) is 1.51. The van der Waals surface area contributed by atoms with Crippen LogP contribution in [0.1, 0.15) is 5.56 Å². The van der Waals surface area contributed by atoms with Gasteiger partial charge in [-0.1, -0.05) is 12.1 Å². The van der Waals surface area contributed by atoms with E-state index < -0.39 is 0 Å². The molecule has 0 fully saturated rings. The van der Waals surface area contributed by atoms with E-state index in [2.05, 4.69) is 22.6 Å². The molecule has 0 radical (unpaired) electrons. The Morgan fingerprint density at radius 2 is 1.75 bits per heavy atom. The number of hydrogen-bond acceptors (Lipinski definition) is 2. The molecule has 2 rings (SSSR count). The maximum Gasteiger partial charge on any atom is 0.150 e. The second kappa shape index (κ2) is 4.74. The van der Waals surface area contributed by atoms with E-state index in [0.717, 1.165) is 11.3 Å². The normalized spacial score (nSPS) is 10.1. The van der Waals surface area contributed by atoms with Crippen molar-refractivity contribution in [2.45, 2.75) is 6.92 Å². The first-order valence-corrected chi connectivity index (χ1v) is 6.03. The van der Waals surface area contributed by atoms with Crippen molar-refractivity contribution in [2.75, 3.05) is 5.73 Å². The number of para-hydroxylation sites is 1. The molecule has 0 aliphatic rings. The molecule has 82 valence electrons. The maximum atomic E-state index is 5.93. The van der Waals surface area contributed by atoms with Gasteiger partial charge in [-0.05, 0) is 65.4 Å². The fraction of sp³-hybridized carbons (Fsp3) is 0.0769. The van der Waals surface area contributed by atoms with E-state index in [-0.39, 0.29) is 0 Å². The third kappa shape index (κ3) is 2.47. The molecule has 3 heteroatoms. The second-order valence-electron chi connectivity index (χ2n) is 3.54. The molecule has 0 bridgehead atoms. The van der Waals surface area contributed by atoms with Crippen LogP contribution >= 0.6 is 22.6 Å². The first kappa shape index (κ1) is 11.3. The molecule has 0 saturated carbocycles. The van der Waals surface area contributed by atoms with Crippen molar-refractivity contribution >= 4 is 28.3 Å². The summed E-state index contributed by atoms with van der Waals surface area (Å²) >= 11 is 2.26. The number of nitrogens with two attached hydrogens (primary N) is 1. The zero-order valence-corrected chi connectivity index (χ0v) is 11.1. The lowest BCUT2D eigenvalue weighted by Crippen LogP contribution is -1.94. The molecule has 0 saturated heterocycles. The average molecular weight is 325 g/mol. The quantitative estimate of drug-likeness (QED) is 0.670. The van der Waals surface area contributed by atoms with Crippen LogP contribution in [-0.4, -0.2) is 0 Å². The van der Waals surface area contributed by atoms with E-state index in [1.54, 1.807) is 0 Å². The van der Waals surface area contributed by atoms with Gasteiger partial charge in [-0.15, -0.1) is 0 Å². The Bertz CT molecular complexity index is 494. The highest BCUT2D eigenvalue weighted by Crippen LogP contribution is 2.29. The minimum Gasteiger partial charge on any atom is -0.455 e. The van der Waals surface area contributed by atoms with Crippen molar-refractivity contribution in [2.24, 2.45) is 0 Å². The summed E-state index contributed by atoms with van der Waals surface area (Å²) in [4.78, 5) is 0. The van der Waals surface area contributed by atoms with Crippen LogP contribution in [0.25, 0.3) is 0 Å². The molecule has 0 aliphatic heterocycles. The molecule has 0 aliphatic carbocycles. The highest BCUT2D eigenvalue weighted by molar-refractivity contribution is 14.1. The van der Waals surface area contributed by atoms with Gasteiger partial charge in [0, 0.05) is 3.57 Å². The first-order chi connectivity index (χ1) is 7.66. The molecule has 2 nitrogen and oxygen atoms in total. The van der Waals surface area contributed by atoms with Gasteiger partial charge in [0.2, 0.25) is 0 Å². The highest BCUT2D eigenvalue weighted by atomic mass is 127. The fourth-order valence-electron chi connectivity index (χ4n) is 1.37. The van der Waals surface area contributed by atoms with E-state index in [4.69, 9.17) is 10.5 Å². The van der Waals surface area contributed by atoms with E-state index in [1.807, 2.05) is 49.4 Å². The number of benzene rings is 2. The number of aryl methyl sites for hydroxylation is 1. The second-order valence-corrected chi connectivity index (χ2v) is 4.79. The minimum absolute atomic E-state index is 0.695. The van der Waals surface area contributed by atoms with Crippen LogP contribution in [0.3, 0.4) is 0 Å². The van der Waals surface area contributed by atoms with Gasteiger partial charge in [-0.25, -0.2) is 0 Å². The molecule has 0 heterocycles. The Hall–Kier alpha value is -1.23. The number of anilines is 1. The van der Waals surface area contributed by atoms with Crippen molar-refractivity contribution in [3.8, 4) is 11.5 Å². The summed E-state index contributed by atoms with van der Waals surface area (Å²) in [6.45, 7) is 1.97. The standard InChI is InChI=1S/C13H12INO/c1-9-3-2-4-12(13(9)15)16-11-7-5-10(14)6-8-11/h2-8H,15H2,1H3. The summed E-state index contributed by atoms with van der Waals surface area (Å²) in [6, 6.07) is 13.7. The zero-order chi connectivity index (χ0) is 11.5. The summed E-state index contributed by atoms with van der Waals surface area (Å²) in [7, 11) is 0. The van der Waals surface area contributed by atoms with Crippen LogP contribution in [0.5, 0.6) is 11.5 Å². The van der Waals surface area contributed by atoms with Gasteiger partial charge in [0.25, 0.3) is 0 Å². The summed E-state index contributed by atoms with van der Waals surface area (Å²) in [5, 5.41) is 0. The summed E-state index contributed by atoms with van der Waals surface area (Å²) in [6.07, 6.45) is 0. The number of halogens is 1. The number of ether oxygens (including phenoxy) is 1. The van der Waals surface area contributed by atoms with Crippen molar-refractivity contribution in [3.05, 3.63) is 51.6 Å². The molecule has 0 unspecified atom stereocenters. The van der Waals surface area contributed by atoms with Crippen LogP contribution in [0, 0.1) is 10.5 Å². The lowest BCUT2D eigenvalue weighted by molar-refractivity contribution is 0.484. The molecule has 16 heavy (non-hydrogen) atoms. The van der Waals surface area contributed by atoms with Crippen LogP contribution in [0.15, 0.2) is 42.5 Å².